The zero-order valence-electron chi connectivity index (χ0n) is 15.2. The van der Waals surface area contributed by atoms with Gasteiger partial charge in [0.15, 0.2) is 0 Å². The maximum absolute atomic E-state index is 12.1. The van der Waals surface area contributed by atoms with Crippen molar-refractivity contribution in [1.82, 2.24) is 4.90 Å². The predicted molar refractivity (Wildman–Crippen MR) is 105 cm³/mol. The summed E-state index contributed by atoms with van der Waals surface area (Å²) < 4.78 is 11.2. The fraction of sp³-hybridized carbons (Fsp3) is 0.350. The summed E-state index contributed by atoms with van der Waals surface area (Å²) in [5.41, 5.74) is 0.620. The van der Waals surface area contributed by atoms with Gasteiger partial charge in [0.25, 0.3) is 0 Å². The van der Waals surface area contributed by atoms with E-state index in [4.69, 9.17) is 21.1 Å². The Morgan fingerprint density at radius 1 is 1.04 bits per heavy atom. The van der Waals surface area contributed by atoms with Crippen LogP contribution in [0.5, 0.6) is 11.5 Å². The minimum atomic E-state index is -0.113. The second-order valence-electron chi connectivity index (χ2n) is 5.93. The van der Waals surface area contributed by atoms with Gasteiger partial charge in [0.2, 0.25) is 5.91 Å². The lowest BCUT2D eigenvalue weighted by molar-refractivity contribution is -0.117. The molecule has 2 aromatic rings. The summed E-state index contributed by atoms with van der Waals surface area (Å²) in [6.45, 7) is 4.16. The number of halogens is 1. The molecule has 1 amide bonds. The van der Waals surface area contributed by atoms with E-state index in [0.717, 1.165) is 17.9 Å². The average molecular weight is 377 g/mol. The summed E-state index contributed by atoms with van der Waals surface area (Å²) in [4.78, 5) is 14.0. The van der Waals surface area contributed by atoms with Crippen molar-refractivity contribution in [3.8, 4) is 11.5 Å². The van der Waals surface area contributed by atoms with Crippen molar-refractivity contribution in [3.63, 3.8) is 0 Å². The molecular formula is C20H25ClN2O3. The van der Waals surface area contributed by atoms with Crippen LogP contribution in [0.2, 0.25) is 5.02 Å². The maximum Gasteiger partial charge on any atom is 0.238 e. The van der Waals surface area contributed by atoms with E-state index in [1.807, 2.05) is 48.3 Å². The number of hydrogen-bond acceptors (Lipinski definition) is 4. The Kier molecular flexibility index (Phi) is 8.25. The number of ether oxygens (including phenoxy) is 2. The number of benzene rings is 2. The first-order valence-corrected chi connectivity index (χ1v) is 9.05. The fourth-order valence-corrected chi connectivity index (χ4v) is 2.43. The van der Waals surface area contributed by atoms with Crippen LogP contribution in [0.1, 0.15) is 13.3 Å². The fourth-order valence-electron chi connectivity index (χ4n) is 2.25. The molecule has 0 spiro atoms. The normalized spacial score (nSPS) is 10.6. The second kappa shape index (κ2) is 10.7. The van der Waals surface area contributed by atoms with Crippen LogP contribution in [-0.4, -0.2) is 44.2 Å². The Balaban J connectivity index is 1.69. The molecule has 0 fully saturated rings. The Morgan fingerprint density at radius 3 is 2.27 bits per heavy atom. The summed E-state index contributed by atoms with van der Waals surface area (Å²) in [7, 11) is 1.87. The van der Waals surface area contributed by atoms with Crippen LogP contribution in [0.4, 0.5) is 5.69 Å². The van der Waals surface area contributed by atoms with Crippen molar-refractivity contribution in [3.05, 3.63) is 53.6 Å². The van der Waals surface area contributed by atoms with Gasteiger partial charge in [-0.3, -0.25) is 9.69 Å². The molecule has 6 heteroatoms. The molecule has 0 aliphatic heterocycles. The van der Waals surface area contributed by atoms with Crippen LogP contribution in [-0.2, 0) is 4.79 Å². The van der Waals surface area contributed by atoms with E-state index in [0.29, 0.717) is 30.5 Å². The lowest BCUT2D eigenvalue weighted by atomic mass is 10.3. The van der Waals surface area contributed by atoms with E-state index >= 15 is 0 Å². The molecule has 2 rings (SSSR count). The highest BCUT2D eigenvalue weighted by Gasteiger charge is 2.09. The highest BCUT2D eigenvalue weighted by atomic mass is 35.5. The monoisotopic (exact) mass is 376 g/mol. The number of hydrogen-bond donors (Lipinski definition) is 1. The number of carbonyl (C=O) groups excluding carboxylic acids is 1. The van der Waals surface area contributed by atoms with Gasteiger partial charge < -0.3 is 14.8 Å². The molecule has 0 heterocycles. The average Bonchev–Trinajstić information content (AvgIpc) is 2.63. The van der Waals surface area contributed by atoms with Gasteiger partial charge in [-0.05, 0) is 49.9 Å². The molecule has 0 aliphatic carbocycles. The first-order chi connectivity index (χ1) is 12.6. The zero-order valence-corrected chi connectivity index (χ0v) is 16.0. The first-order valence-electron chi connectivity index (χ1n) is 8.67. The minimum absolute atomic E-state index is 0.113. The molecule has 26 heavy (non-hydrogen) atoms. The summed E-state index contributed by atoms with van der Waals surface area (Å²) in [5, 5.41) is 3.33. The van der Waals surface area contributed by atoms with E-state index < -0.39 is 0 Å². The molecule has 0 aliphatic rings. The molecular weight excluding hydrogens is 352 g/mol. The van der Waals surface area contributed by atoms with Crippen molar-refractivity contribution in [2.75, 3.05) is 38.7 Å². The van der Waals surface area contributed by atoms with Gasteiger partial charge in [0.1, 0.15) is 18.1 Å². The Morgan fingerprint density at radius 2 is 1.65 bits per heavy atom. The molecule has 0 bridgehead atoms. The molecule has 0 aromatic heterocycles. The van der Waals surface area contributed by atoms with Gasteiger partial charge >= 0.3 is 0 Å². The van der Waals surface area contributed by atoms with Crippen LogP contribution < -0.4 is 14.8 Å². The smallest absolute Gasteiger partial charge is 0.238 e. The van der Waals surface area contributed by atoms with Crippen molar-refractivity contribution in [1.29, 1.82) is 0 Å². The minimum Gasteiger partial charge on any atom is -0.494 e. The summed E-state index contributed by atoms with van der Waals surface area (Å²) in [6.07, 6.45) is 0.981. The second-order valence-corrected chi connectivity index (χ2v) is 6.34. The van der Waals surface area contributed by atoms with Gasteiger partial charge in [-0.1, -0.05) is 30.7 Å². The molecule has 140 valence electrons. The maximum atomic E-state index is 12.1. The van der Waals surface area contributed by atoms with E-state index in [2.05, 4.69) is 12.2 Å². The Labute approximate surface area is 159 Å². The summed E-state index contributed by atoms with van der Waals surface area (Å²) in [5.74, 6) is 1.51. The number of amides is 1. The third-order valence-corrected chi connectivity index (χ3v) is 3.93. The Hall–Kier alpha value is -2.24. The van der Waals surface area contributed by atoms with Gasteiger partial charge in [0, 0.05) is 6.54 Å². The number of carbonyl (C=O) groups is 1. The molecule has 2 aromatic carbocycles. The van der Waals surface area contributed by atoms with E-state index in [-0.39, 0.29) is 12.5 Å². The lowest BCUT2D eigenvalue weighted by Gasteiger charge is -2.17. The number of likely N-dealkylation sites (N-methyl/N-ethyl adjacent to an activating group) is 1. The molecule has 1 N–H and O–H groups in total. The Bertz CT molecular complexity index is 692. The van der Waals surface area contributed by atoms with Gasteiger partial charge in [-0.15, -0.1) is 0 Å². The van der Waals surface area contributed by atoms with Crippen molar-refractivity contribution < 1.29 is 14.3 Å². The van der Waals surface area contributed by atoms with Gasteiger partial charge in [0.05, 0.1) is 23.9 Å². The highest BCUT2D eigenvalue weighted by molar-refractivity contribution is 6.33. The largest absolute Gasteiger partial charge is 0.494 e. The molecule has 0 saturated carbocycles. The standard InChI is InChI=1S/C20H25ClN2O3/c1-3-13-25-16-8-10-17(11-9-16)26-14-12-23(2)15-20(24)22-19-7-5-4-6-18(19)21/h4-11H,3,12-15H2,1-2H3,(H,22,24). The summed E-state index contributed by atoms with van der Waals surface area (Å²) >= 11 is 6.04. The van der Waals surface area contributed by atoms with Crippen LogP contribution in [0, 0.1) is 0 Å². The van der Waals surface area contributed by atoms with E-state index in [1.54, 1.807) is 12.1 Å². The molecule has 0 unspecified atom stereocenters. The molecule has 0 saturated heterocycles. The van der Waals surface area contributed by atoms with Gasteiger partial charge in [-0.2, -0.15) is 0 Å². The molecule has 0 atom stereocenters. The number of rotatable bonds is 10. The molecule has 0 radical (unpaired) electrons. The van der Waals surface area contributed by atoms with E-state index in [1.165, 1.54) is 0 Å². The number of nitrogens with zero attached hydrogens (tertiary/aromatic N) is 1. The van der Waals surface area contributed by atoms with Crippen LogP contribution in [0.15, 0.2) is 48.5 Å². The van der Waals surface area contributed by atoms with Crippen LogP contribution in [0.25, 0.3) is 0 Å². The molecule has 5 nitrogen and oxygen atoms in total. The lowest BCUT2D eigenvalue weighted by Crippen LogP contribution is -2.33. The third-order valence-electron chi connectivity index (χ3n) is 3.60. The van der Waals surface area contributed by atoms with Gasteiger partial charge in [-0.25, -0.2) is 0 Å². The summed E-state index contributed by atoms with van der Waals surface area (Å²) in [6, 6.07) is 14.7. The van der Waals surface area contributed by atoms with Crippen molar-refractivity contribution in [2.24, 2.45) is 0 Å². The van der Waals surface area contributed by atoms with Crippen molar-refractivity contribution >= 4 is 23.2 Å². The SMILES string of the molecule is CCCOc1ccc(OCCN(C)CC(=O)Nc2ccccc2Cl)cc1. The highest BCUT2D eigenvalue weighted by Crippen LogP contribution is 2.20. The zero-order chi connectivity index (χ0) is 18.8. The van der Waals surface area contributed by atoms with Crippen molar-refractivity contribution in [2.45, 2.75) is 13.3 Å². The van der Waals surface area contributed by atoms with Crippen LogP contribution >= 0.6 is 11.6 Å². The number of para-hydroxylation sites is 1. The quantitative estimate of drug-likeness (QED) is 0.678. The third kappa shape index (κ3) is 6.94. The first kappa shape index (κ1) is 20.1. The topological polar surface area (TPSA) is 50.8 Å². The van der Waals surface area contributed by atoms with E-state index in [9.17, 15) is 4.79 Å². The number of nitrogens with one attached hydrogen (secondary N) is 1. The van der Waals surface area contributed by atoms with Crippen LogP contribution in [0.3, 0.4) is 0 Å². The number of anilines is 1. The predicted octanol–water partition coefficient (Wildman–Crippen LogP) is 4.08.